The number of hydrogen-bond donors (Lipinski definition) is 6. The van der Waals surface area contributed by atoms with Crippen LogP contribution in [-0.4, -0.2) is 82.2 Å². The summed E-state index contributed by atoms with van der Waals surface area (Å²) < 4.78 is 23.9. The third-order valence-corrected chi connectivity index (χ3v) is 7.39. The summed E-state index contributed by atoms with van der Waals surface area (Å²) in [5, 5.41) is 17.3. The Balaban J connectivity index is 1.67. The average molecular weight is 550 g/mol. The third kappa shape index (κ3) is 5.62. The maximum atomic E-state index is 12.8. The van der Waals surface area contributed by atoms with Gasteiger partial charge in [-0.3, -0.25) is 19.3 Å². The molecule has 0 spiro atoms. The van der Waals surface area contributed by atoms with Crippen LogP contribution in [0.1, 0.15) is 12.1 Å². The van der Waals surface area contributed by atoms with Gasteiger partial charge in [0, 0.05) is 17.7 Å². The zero-order chi connectivity index (χ0) is 25.2. The summed E-state index contributed by atoms with van der Waals surface area (Å²) in [5.41, 5.74) is 5.72. The highest BCUT2D eigenvalue weighted by Crippen LogP contribution is 2.41. The van der Waals surface area contributed by atoms with Gasteiger partial charge < -0.3 is 21.6 Å². The van der Waals surface area contributed by atoms with E-state index < -0.39 is 50.1 Å². The van der Waals surface area contributed by atoms with Gasteiger partial charge in [-0.2, -0.15) is 0 Å². The fraction of sp³-hybridized carbons (Fsp3) is 0.375. The molecule has 1 unspecified atom stereocenters. The van der Waals surface area contributed by atoms with Gasteiger partial charge in [0.05, 0.1) is 12.0 Å². The molecule has 34 heavy (non-hydrogen) atoms. The lowest BCUT2D eigenvalue weighted by Crippen LogP contribution is -2.70. The number of nitrogens with one attached hydrogen (secondary N) is 3. The smallest absolute Gasteiger partial charge is 0.328 e. The average Bonchev–Trinajstić information content (AvgIpc) is 3.16. The predicted molar refractivity (Wildman–Crippen MR) is 127 cm³/mol. The Kier molecular flexibility index (Phi) is 7.74. The van der Waals surface area contributed by atoms with E-state index in [0.29, 0.717) is 11.3 Å². The van der Waals surface area contributed by atoms with Crippen LogP contribution < -0.4 is 21.1 Å². The lowest BCUT2D eigenvalue weighted by atomic mass is 10.0. The van der Waals surface area contributed by atoms with Crippen LogP contribution in [0.3, 0.4) is 0 Å². The summed E-state index contributed by atoms with van der Waals surface area (Å²) in [6.45, 7) is 0.00175. The van der Waals surface area contributed by atoms with Crippen molar-refractivity contribution in [2.75, 3.05) is 24.3 Å². The van der Waals surface area contributed by atoms with Gasteiger partial charge in [0.1, 0.15) is 17.1 Å². The molecule has 0 saturated carbocycles. The molecule has 0 aromatic carbocycles. The standard InChI is InChI=1S/C16H19N7O7S4/c1-34(29,30)22-16(27)18-3-2-6-4-32-13-9(12(25)23(13)10(6)14(26)31)20-11(24)8(21-28)7-5-33-15(17)19-7/h5,9,13,28H,2-4H2,1H3,(H2,17,19)(H,20,24)(H,26,31)(H2,18,22,27)/b21-8-/t9?,13-/m1/s1. The van der Waals surface area contributed by atoms with Crippen molar-refractivity contribution in [1.82, 2.24) is 25.2 Å². The van der Waals surface area contributed by atoms with Gasteiger partial charge in [0.2, 0.25) is 15.1 Å². The molecule has 2 aliphatic rings. The minimum absolute atomic E-state index is 0.00175. The van der Waals surface area contributed by atoms with Gasteiger partial charge in [-0.05, 0) is 12.0 Å². The zero-order valence-corrected chi connectivity index (χ0v) is 20.7. The van der Waals surface area contributed by atoms with Crippen molar-refractivity contribution in [2.45, 2.75) is 17.8 Å². The number of rotatable bonds is 8. The number of thiol groups is 1. The molecular formula is C16H19N7O7S4. The van der Waals surface area contributed by atoms with Crippen LogP contribution in [0.15, 0.2) is 21.8 Å². The van der Waals surface area contributed by atoms with E-state index in [4.69, 9.17) is 5.73 Å². The van der Waals surface area contributed by atoms with E-state index in [-0.39, 0.29) is 29.5 Å². The molecule has 1 saturated heterocycles. The van der Waals surface area contributed by atoms with Crippen molar-refractivity contribution < 1.29 is 32.8 Å². The molecule has 14 nitrogen and oxygen atoms in total. The first-order chi connectivity index (χ1) is 15.9. The number of carbonyl (C=O) groups is 4. The second-order valence-corrected chi connectivity index (χ2v) is 11.2. The van der Waals surface area contributed by atoms with Crippen molar-refractivity contribution >= 4 is 79.6 Å². The van der Waals surface area contributed by atoms with Crippen molar-refractivity contribution in [1.29, 1.82) is 0 Å². The molecule has 2 atom stereocenters. The van der Waals surface area contributed by atoms with Crippen molar-refractivity contribution in [3.8, 4) is 0 Å². The number of hydrogen-bond acceptors (Lipinski definition) is 12. The Morgan fingerprint density at radius 1 is 1.41 bits per heavy atom. The predicted octanol–water partition coefficient (Wildman–Crippen LogP) is -1.34. The van der Waals surface area contributed by atoms with Gasteiger partial charge in [-0.15, -0.1) is 23.1 Å². The Morgan fingerprint density at radius 3 is 2.68 bits per heavy atom. The number of nitrogens with zero attached hydrogens (tertiary/aromatic N) is 3. The number of fused-ring (bicyclic) bond motifs is 1. The first-order valence-corrected chi connectivity index (χ1v) is 13.6. The number of thiazole rings is 1. The number of nitrogens with two attached hydrogens (primary N) is 1. The molecule has 0 aliphatic carbocycles. The summed E-state index contributed by atoms with van der Waals surface area (Å²) in [7, 11) is -3.72. The SMILES string of the molecule is CS(=O)(=O)NC(=O)NCCC1=C(C(=O)S)N2C(=O)C(NC(=O)/C(=N\O)c3csc(N)n3)[C@H]2SC1. The van der Waals surface area contributed by atoms with E-state index >= 15 is 0 Å². The van der Waals surface area contributed by atoms with Crippen LogP contribution in [0.25, 0.3) is 0 Å². The number of aromatic nitrogens is 1. The highest BCUT2D eigenvalue weighted by Gasteiger charge is 2.53. The highest BCUT2D eigenvalue weighted by molar-refractivity contribution is 8.00. The third-order valence-electron chi connectivity index (χ3n) is 4.61. The topological polar surface area (TPSA) is 213 Å². The van der Waals surface area contributed by atoms with Gasteiger partial charge in [-0.25, -0.2) is 22.9 Å². The van der Waals surface area contributed by atoms with Crippen LogP contribution in [0, 0.1) is 0 Å². The van der Waals surface area contributed by atoms with E-state index in [0.717, 1.165) is 17.6 Å². The fourth-order valence-corrected chi connectivity index (χ4v) is 5.84. The number of nitrogen functional groups attached to an aromatic ring is 1. The molecule has 0 radical (unpaired) electrons. The largest absolute Gasteiger partial charge is 0.410 e. The summed E-state index contributed by atoms with van der Waals surface area (Å²) in [6, 6.07) is -1.91. The van der Waals surface area contributed by atoms with Gasteiger partial charge in [-0.1, -0.05) is 17.8 Å². The van der Waals surface area contributed by atoms with Crippen LogP contribution in [0.2, 0.25) is 0 Å². The van der Waals surface area contributed by atoms with Gasteiger partial charge >= 0.3 is 6.03 Å². The Labute approximate surface area is 206 Å². The lowest BCUT2D eigenvalue weighted by molar-refractivity contribution is -0.146. The summed E-state index contributed by atoms with van der Waals surface area (Å²) in [4.78, 5) is 54.1. The number of carbonyl (C=O) groups excluding carboxylic acids is 4. The number of anilines is 1. The Hall–Kier alpha value is -2.83. The number of oxime groups is 1. The van der Waals surface area contributed by atoms with Crippen molar-refractivity contribution in [3.05, 3.63) is 22.3 Å². The Bertz CT molecular complexity index is 1210. The summed E-state index contributed by atoms with van der Waals surface area (Å²) in [5.74, 6) is -1.12. The maximum Gasteiger partial charge on any atom is 0.328 e. The molecule has 1 aromatic rings. The molecule has 6 N–H and O–H groups in total. The van der Waals surface area contributed by atoms with Crippen molar-refractivity contribution in [3.63, 3.8) is 0 Å². The normalized spacial score (nSPS) is 20.4. The maximum absolute atomic E-state index is 12.8. The van der Waals surface area contributed by atoms with Crippen LogP contribution in [-0.2, 0) is 24.4 Å². The summed E-state index contributed by atoms with van der Waals surface area (Å²) in [6.07, 6.45) is 0.989. The molecule has 2 aliphatic heterocycles. The Morgan fingerprint density at radius 2 is 2.12 bits per heavy atom. The molecule has 4 amide bonds. The molecule has 1 fully saturated rings. The zero-order valence-electron chi connectivity index (χ0n) is 17.3. The van der Waals surface area contributed by atoms with Gasteiger partial charge in [0.15, 0.2) is 10.8 Å². The van der Waals surface area contributed by atoms with Crippen LogP contribution in [0.4, 0.5) is 9.93 Å². The molecule has 184 valence electrons. The van der Waals surface area contributed by atoms with E-state index in [1.165, 1.54) is 22.0 Å². The first kappa shape index (κ1) is 25.8. The lowest BCUT2D eigenvalue weighted by Gasteiger charge is -2.49. The number of amides is 4. The van der Waals surface area contributed by atoms with Crippen molar-refractivity contribution in [2.24, 2.45) is 5.16 Å². The molecule has 18 heteroatoms. The number of urea groups is 1. The minimum atomic E-state index is -3.72. The monoisotopic (exact) mass is 549 g/mol. The molecule has 3 rings (SSSR count). The molecule has 0 bridgehead atoms. The molecule has 3 heterocycles. The van der Waals surface area contributed by atoms with E-state index in [2.05, 4.69) is 33.4 Å². The quantitative estimate of drug-likeness (QED) is 0.0738. The number of β-lactam (4-membered cyclic amide) rings is 1. The molecular weight excluding hydrogens is 530 g/mol. The summed E-state index contributed by atoms with van der Waals surface area (Å²) >= 11 is 6.16. The second-order valence-electron chi connectivity index (χ2n) is 7.02. The van der Waals surface area contributed by atoms with E-state index in [1.807, 2.05) is 0 Å². The van der Waals surface area contributed by atoms with E-state index in [9.17, 15) is 32.8 Å². The first-order valence-electron chi connectivity index (χ1n) is 9.32. The van der Waals surface area contributed by atoms with Crippen LogP contribution >= 0.6 is 35.7 Å². The second kappa shape index (κ2) is 10.2. The number of sulfonamides is 1. The van der Waals surface area contributed by atoms with Gasteiger partial charge in [0.25, 0.3) is 11.8 Å². The minimum Gasteiger partial charge on any atom is -0.410 e. The van der Waals surface area contributed by atoms with E-state index in [1.54, 1.807) is 4.72 Å². The number of thioether (sulfide) groups is 1. The fourth-order valence-electron chi connectivity index (χ4n) is 3.23. The highest BCUT2D eigenvalue weighted by atomic mass is 32.2. The molecule has 1 aromatic heterocycles. The van der Waals surface area contributed by atoms with Crippen LogP contribution in [0.5, 0.6) is 0 Å².